The predicted molar refractivity (Wildman–Crippen MR) is 143 cm³/mol. The first-order valence-corrected chi connectivity index (χ1v) is 11.4. The number of benzene rings is 4. The molecular formula is C30H26N4. The Balaban J connectivity index is 1.56. The average molecular weight is 443 g/mol. The van der Waals surface area contributed by atoms with Crippen molar-refractivity contribution in [2.24, 2.45) is 9.98 Å². The van der Waals surface area contributed by atoms with Crippen LogP contribution in [0.2, 0.25) is 0 Å². The molecule has 0 aliphatic rings. The Labute approximate surface area is 199 Å². The Hall–Kier alpha value is -4.18. The summed E-state index contributed by atoms with van der Waals surface area (Å²) in [5, 5.41) is 11.3. The van der Waals surface area contributed by atoms with E-state index < -0.39 is 0 Å². The van der Waals surface area contributed by atoms with E-state index in [2.05, 4.69) is 86.4 Å². The van der Waals surface area contributed by atoms with Gasteiger partial charge in [0.25, 0.3) is 0 Å². The van der Waals surface area contributed by atoms with Crippen molar-refractivity contribution in [2.45, 2.75) is 27.7 Å². The van der Waals surface area contributed by atoms with Crippen molar-refractivity contribution in [1.29, 1.82) is 0 Å². The Morgan fingerprint density at radius 2 is 0.912 bits per heavy atom. The van der Waals surface area contributed by atoms with Gasteiger partial charge in [-0.3, -0.25) is 9.98 Å². The molecule has 5 rings (SSSR count). The Kier molecular flexibility index (Phi) is 5.72. The smallest absolute Gasteiger partial charge is 0.102 e. The summed E-state index contributed by atoms with van der Waals surface area (Å²) in [5.41, 5.74) is 10.2. The Morgan fingerprint density at radius 3 is 1.29 bits per heavy atom. The molecule has 0 saturated carbocycles. The van der Waals surface area contributed by atoms with E-state index in [4.69, 9.17) is 9.98 Å². The highest BCUT2D eigenvalue weighted by Gasteiger charge is 2.09. The van der Waals surface area contributed by atoms with E-state index in [1.54, 1.807) is 0 Å². The number of hydrogen-bond acceptors (Lipinski definition) is 4. The van der Waals surface area contributed by atoms with Crippen LogP contribution in [-0.2, 0) is 0 Å². The van der Waals surface area contributed by atoms with Crippen LogP contribution in [0.5, 0.6) is 0 Å². The fraction of sp³-hybridized carbons (Fsp3) is 0.133. The summed E-state index contributed by atoms with van der Waals surface area (Å²) in [6.07, 6.45) is 3.75. The lowest BCUT2D eigenvalue weighted by Gasteiger charge is -2.07. The number of nitrogens with zero attached hydrogens (tertiary/aromatic N) is 4. The molecule has 1 aromatic heterocycles. The topological polar surface area (TPSA) is 50.5 Å². The van der Waals surface area contributed by atoms with Gasteiger partial charge in [0, 0.05) is 34.3 Å². The van der Waals surface area contributed by atoms with Crippen LogP contribution in [0.4, 0.5) is 11.4 Å². The zero-order chi connectivity index (χ0) is 23.7. The molecule has 0 amide bonds. The Morgan fingerprint density at radius 1 is 0.529 bits per heavy atom. The van der Waals surface area contributed by atoms with Crippen molar-refractivity contribution in [2.75, 3.05) is 0 Å². The van der Waals surface area contributed by atoms with E-state index in [1.807, 2.05) is 36.7 Å². The van der Waals surface area contributed by atoms with Crippen molar-refractivity contribution in [1.82, 2.24) is 10.2 Å². The van der Waals surface area contributed by atoms with E-state index in [0.29, 0.717) is 0 Å². The first kappa shape index (κ1) is 21.7. The molecule has 0 bridgehead atoms. The van der Waals surface area contributed by atoms with E-state index in [9.17, 15) is 0 Å². The summed E-state index contributed by atoms with van der Waals surface area (Å²) < 4.78 is 0. The van der Waals surface area contributed by atoms with Crippen molar-refractivity contribution in [3.05, 3.63) is 106 Å². The molecule has 0 saturated heterocycles. The number of aliphatic imine (C=N–C) groups is 2. The van der Waals surface area contributed by atoms with Gasteiger partial charge in [-0.15, -0.1) is 10.2 Å². The summed E-state index contributed by atoms with van der Waals surface area (Å²) in [7, 11) is 0. The predicted octanol–water partition coefficient (Wildman–Crippen LogP) is 7.52. The molecular weight excluding hydrogens is 416 g/mol. The molecule has 0 aliphatic carbocycles. The third-order valence-corrected chi connectivity index (χ3v) is 5.79. The van der Waals surface area contributed by atoms with Gasteiger partial charge in [0.2, 0.25) is 0 Å². The molecule has 0 spiro atoms. The van der Waals surface area contributed by atoms with Gasteiger partial charge in [0.05, 0.1) is 11.4 Å². The summed E-state index contributed by atoms with van der Waals surface area (Å²) in [6.45, 7) is 8.34. The molecule has 5 aromatic rings. The highest BCUT2D eigenvalue weighted by molar-refractivity contribution is 6.12. The minimum atomic E-state index is 0.839. The van der Waals surface area contributed by atoms with E-state index >= 15 is 0 Å². The van der Waals surface area contributed by atoms with Gasteiger partial charge < -0.3 is 0 Å². The summed E-state index contributed by atoms with van der Waals surface area (Å²) >= 11 is 0. The van der Waals surface area contributed by atoms with Gasteiger partial charge in [0.1, 0.15) is 11.0 Å². The van der Waals surface area contributed by atoms with Crippen LogP contribution in [0.1, 0.15) is 33.4 Å². The molecule has 4 aromatic carbocycles. The maximum atomic E-state index is 4.71. The van der Waals surface area contributed by atoms with Gasteiger partial charge in [-0.05, 0) is 74.2 Å². The van der Waals surface area contributed by atoms with Gasteiger partial charge >= 0.3 is 0 Å². The number of hydrogen-bond donors (Lipinski definition) is 0. The second kappa shape index (κ2) is 8.99. The molecule has 1 heterocycles. The summed E-state index contributed by atoms with van der Waals surface area (Å²) in [5.74, 6) is 0. The van der Waals surface area contributed by atoms with Crippen molar-refractivity contribution >= 4 is 45.6 Å². The van der Waals surface area contributed by atoms with Gasteiger partial charge in [-0.2, -0.15) is 0 Å². The molecule has 0 fully saturated rings. The largest absolute Gasteiger partial charge is 0.256 e. The first-order valence-electron chi connectivity index (χ1n) is 11.4. The second-order valence-corrected chi connectivity index (χ2v) is 8.90. The summed E-state index contributed by atoms with van der Waals surface area (Å²) in [4.78, 5) is 9.42. The van der Waals surface area contributed by atoms with Crippen LogP contribution >= 0.6 is 0 Å². The molecule has 0 radical (unpaired) electrons. The fourth-order valence-electron chi connectivity index (χ4n) is 4.43. The van der Waals surface area contributed by atoms with E-state index in [1.165, 1.54) is 22.3 Å². The number of rotatable bonds is 4. The monoisotopic (exact) mass is 442 g/mol. The fourth-order valence-corrected chi connectivity index (χ4v) is 4.43. The molecule has 4 nitrogen and oxygen atoms in total. The van der Waals surface area contributed by atoms with Gasteiger partial charge in [-0.1, -0.05) is 48.5 Å². The highest BCUT2D eigenvalue weighted by atomic mass is 15.1. The minimum Gasteiger partial charge on any atom is -0.256 e. The third-order valence-electron chi connectivity index (χ3n) is 5.79. The van der Waals surface area contributed by atoms with Crippen molar-refractivity contribution in [3.63, 3.8) is 0 Å². The standard InChI is InChI=1S/C30H26N4/c1-19-11-20(2)14-25(13-19)31-17-23-7-5-9-27-28-10-6-8-24(30(28)34-33-29(23)27)18-32-26-15-21(3)12-22(4)16-26/h5-18H,1-4H3/b31-17+,32-18+. The lowest BCUT2D eigenvalue weighted by molar-refractivity contribution is 1.12. The third kappa shape index (κ3) is 4.48. The van der Waals surface area contributed by atoms with Gasteiger partial charge in [-0.25, -0.2) is 0 Å². The molecule has 4 heteroatoms. The average Bonchev–Trinajstić information content (AvgIpc) is 2.80. The summed E-state index contributed by atoms with van der Waals surface area (Å²) in [6, 6.07) is 24.9. The lowest BCUT2D eigenvalue weighted by Crippen LogP contribution is -1.95. The van der Waals surface area contributed by atoms with Crippen LogP contribution in [0, 0.1) is 27.7 Å². The van der Waals surface area contributed by atoms with Crippen LogP contribution < -0.4 is 0 Å². The number of fused-ring (bicyclic) bond motifs is 3. The zero-order valence-corrected chi connectivity index (χ0v) is 19.9. The quantitative estimate of drug-likeness (QED) is 0.213. The molecule has 166 valence electrons. The minimum absolute atomic E-state index is 0.839. The molecule has 0 unspecified atom stereocenters. The molecule has 0 N–H and O–H groups in total. The zero-order valence-electron chi connectivity index (χ0n) is 19.9. The highest BCUT2D eigenvalue weighted by Crippen LogP contribution is 2.26. The molecule has 0 aliphatic heterocycles. The second-order valence-electron chi connectivity index (χ2n) is 8.90. The van der Waals surface area contributed by atoms with Gasteiger partial charge in [0.15, 0.2) is 0 Å². The van der Waals surface area contributed by atoms with E-state index in [0.717, 1.165) is 44.3 Å². The lowest BCUT2D eigenvalue weighted by atomic mass is 10.0. The Bertz CT molecular complexity index is 1430. The van der Waals surface area contributed by atoms with Crippen LogP contribution in [0.25, 0.3) is 21.8 Å². The first-order chi connectivity index (χ1) is 16.5. The van der Waals surface area contributed by atoms with E-state index in [-0.39, 0.29) is 0 Å². The maximum Gasteiger partial charge on any atom is 0.102 e. The number of aryl methyl sites for hydroxylation is 4. The maximum absolute atomic E-state index is 4.71. The van der Waals surface area contributed by atoms with Crippen LogP contribution in [0.15, 0.2) is 82.8 Å². The molecule has 34 heavy (non-hydrogen) atoms. The van der Waals surface area contributed by atoms with Crippen LogP contribution in [0.3, 0.4) is 0 Å². The van der Waals surface area contributed by atoms with Crippen molar-refractivity contribution < 1.29 is 0 Å². The normalized spacial score (nSPS) is 11.9. The molecule has 0 atom stereocenters. The SMILES string of the molecule is Cc1cc(C)cc(/N=C/c2cccc3c2nnc2c(/C=N/c4cc(C)cc(C)c4)cccc23)c1. The van der Waals surface area contributed by atoms with Crippen molar-refractivity contribution in [3.8, 4) is 0 Å². The number of aromatic nitrogens is 2. The van der Waals surface area contributed by atoms with Crippen LogP contribution in [-0.4, -0.2) is 22.6 Å².